The van der Waals surface area contributed by atoms with Gasteiger partial charge in [0.2, 0.25) is 0 Å². The van der Waals surface area contributed by atoms with Gasteiger partial charge in [-0.3, -0.25) is 0 Å². The molecule has 0 aliphatic heterocycles. The maximum atomic E-state index is 9.72. The minimum atomic E-state index is -1.02. The van der Waals surface area contributed by atoms with Gasteiger partial charge < -0.3 is 5.11 Å². The van der Waals surface area contributed by atoms with Crippen LogP contribution >= 0.6 is 22.6 Å². The number of aliphatic hydroxyl groups is 1. The number of terminal acetylenes is 1. The fourth-order valence-corrected chi connectivity index (χ4v) is 1.55. The molecule has 1 N–H and O–H groups in total. The lowest BCUT2D eigenvalue weighted by Crippen LogP contribution is -2.22. The SMILES string of the molecule is C#CC(O)(C=CI)CCCCC. The van der Waals surface area contributed by atoms with Crippen molar-refractivity contribution in [2.24, 2.45) is 0 Å². The summed E-state index contributed by atoms with van der Waals surface area (Å²) in [6, 6.07) is 0. The normalized spacial score (nSPS) is 15.8. The zero-order valence-corrected chi connectivity index (χ0v) is 9.54. The third-order valence-corrected chi connectivity index (χ3v) is 2.11. The van der Waals surface area contributed by atoms with Crippen molar-refractivity contribution in [3.05, 3.63) is 10.2 Å². The van der Waals surface area contributed by atoms with Gasteiger partial charge in [0.15, 0.2) is 0 Å². The number of hydrogen-bond acceptors (Lipinski definition) is 1. The summed E-state index contributed by atoms with van der Waals surface area (Å²) in [5.74, 6) is 2.40. The Kier molecular flexibility index (Phi) is 6.49. The molecule has 12 heavy (non-hydrogen) atoms. The highest BCUT2D eigenvalue weighted by Gasteiger charge is 2.18. The van der Waals surface area contributed by atoms with Crippen molar-refractivity contribution in [2.75, 3.05) is 0 Å². The molecule has 1 unspecified atom stereocenters. The summed E-state index contributed by atoms with van der Waals surface area (Å²) in [7, 11) is 0. The van der Waals surface area contributed by atoms with Crippen LogP contribution in [0.25, 0.3) is 0 Å². The highest BCUT2D eigenvalue weighted by Crippen LogP contribution is 2.16. The van der Waals surface area contributed by atoms with E-state index < -0.39 is 5.60 Å². The number of hydrogen-bond donors (Lipinski definition) is 1. The molecule has 0 spiro atoms. The maximum absolute atomic E-state index is 9.72. The molecule has 0 radical (unpaired) electrons. The van der Waals surface area contributed by atoms with Gasteiger partial charge in [-0.2, -0.15) is 0 Å². The van der Waals surface area contributed by atoms with Gasteiger partial charge in [0.25, 0.3) is 0 Å². The molecule has 0 aromatic carbocycles. The van der Waals surface area contributed by atoms with Crippen molar-refractivity contribution in [1.29, 1.82) is 0 Å². The second-order valence-electron chi connectivity index (χ2n) is 2.82. The molecule has 68 valence electrons. The molecule has 0 heterocycles. The molecule has 0 aromatic heterocycles. The van der Waals surface area contributed by atoms with E-state index in [-0.39, 0.29) is 0 Å². The number of rotatable bonds is 5. The highest BCUT2D eigenvalue weighted by atomic mass is 127. The van der Waals surface area contributed by atoms with Gasteiger partial charge in [0.05, 0.1) is 0 Å². The standard InChI is InChI=1S/C10H15IO/c1-3-5-6-7-10(12,4-2)8-9-11/h2,8-9,12H,3,5-7H2,1H3. The summed E-state index contributed by atoms with van der Waals surface area (Å²) in [6.07, 6.45) is 10.8. The molecule has 0 aromatic rings. The van der Waals surface area contributed by atoms with Gasteiger partial charge in [-0.25, -0.2) is 0 Å². The Bertz CT molecular complexity index is 181. The van der Waals surface area contributed by atoms with Crippen molar-refractivity contribution in [2.45, 2.75) is 38.2 Å². The first-order chi connectivity index (χ1) is 5.68. The monoisotopic (exact) mass is 278 g/mol. The quantitative estimate of drug-likeness (QED) is 0.466. The molecule has 0 aliphatic rings. The molecule has 2 heteroatoms. The van der Waals surface area contributed by atoms with Crippen LogP contribution in [0.4, 0.5) is 0 Å². The molecular weight excluding hydrogens is 263 g/mol. The highest BCUT2D eigenvalue weighted by molar-refractivity contribution is 14.1. The second-order valence-corrected chi connectivity index (χ2v) is 3.54. The summed E-state index contributed by atoms with van der Waals surface area (Å²) in [4.78, 5) is 0. The van der Waals surface area contributed by atoms with E-state index in [1.54, 1.807) is 10.2 Å². The van der Waals surface area contributed by atoms with Crippen molar-refractivity contribution < 1.29 is 5.11 Å². The van der Waals surface area contributed by atoms with Crippen LogP contribution < -0.4 is 0 Å². The molecule has 0 amide bonds. The van der Waals surface area contributed by atoms with Crippen molar-refractivity contribution in [3.63, 3.8) is 0 Å². The second kappa shape index (κ2) is 6.50. The Morgan fingerprint density at radius 1 is 1.58 bits per heavy atom. The first kappa shape index (κ1) is 12.0. The lowest BCUT2D eigenvalue weighted by Gasteiger charge is -2.16. The van der Waals surface area contributed by atoms with Gasteiger partial charge in [0, 0.05) is 0 Å². The lowest BCUT2D eigenvalue weighted by molar-refractivity contribution is 0.139. The Labute approximate surface area is 88.4 Å². The summed E-state index contributed by atoms with van der Waals surface area (Å²) in [5.41, 5.74) is -1.02. The minimum absolute atomic E-state index is 0.664. The third-order valence-electron chi connectivity index (χ3n) is 1.75. The third kappa shape index (κ3) is 4.78. The van der Waals surface area contributed by atoms with Gasteiger partial charge in [-0.05, 0) is 23.0 Å². The Morgan fingerprint density at radius 2 is 2.25 bits per heavy atom. The average Bonchev–Trinajstić information content (AvgIpc) is 2.06. The van der Waals surface area contributed by atoms with E-state index in [4.69, 9.17) is 6.42 Å². The van der Waals surface area contributed by atoms with Crippen LogP contribution in [0.1, 0.15) is 32.6 Å². The van der Waals surface area contributed by atoms with Gasteiger partial charge in [-0.15, -0.1) is 6.42 Å². The molecule has 0 saturated heterocycles. The predicted molar refractivity (Wildman–Crippen MR) is 61.1 cm³/mol. The van der Waals surface area contributed by atoms with Crippen LogP contribution in [0, 0.1) is 12.3 Å². The average molecular weight is 278 g/mol. The van der Waals surface area contributed by atoms with Crippen LogP contribution in [-0.2, 0) is 0 Å². The molecule has 0 fully saturated rings. The number of unbranched alkanes of at least 4 members (excludes halogenated alkanes) is 2. The topological polar surface area (TPSA) is 20.2 Å². The predicted octanol–water partition coefficient (Wildman–Crippen LogP) is 2.88. The minimum Gasteiger partial charge on any atom is -0.374 e. The van der Waals surface area contributed by atoms with Crippen molar-refractivity contribution in [1.82, 2.24) is 0 Å². The van der Waals surface area contributed by atoms with E-state index in [0.29, 0.717) is 6.42 Å². The summed E-state index contributed by atoms with van der Waals surface area (Å²) in [5, 5.41) is 9.72. The first-order valence-corrected chi connectivity index (χ1v) is 5.41. The van der Waals surface area contributed by atoms with E-state index in [1.165, 1.54) is 0 Å². The largest absolute Gasteiger partial charge is 0.374 e. The van der Waals surface area contributed by atoms with E-state index >= 15 is 0 Å². The molecule has 0 bridgehead atoms. The summed E-state index contributed by atoms with van der Waals surface area (Å²) in [6.45, 7) is 2.13. The summed E-state index contributed by atoms with van der Waals surface area (Å²) >= 11 is 2.06. The molecule has 1 atom stereocenters. The lowest BCUT2D eigenvalue weighted by atomic mass is 9.97. The van der Waals surface area contributed by atoms with E-state index in [2.05, 4.69) is 35.4 Å². The zero-order chi connectivity index (χ0) is 9.45. The van der Waals surface area contributed by atoms with E-state index in [0.717, 1.165) is 19.3 Å². The Balaban J connectivity index is 3.90. The first-order valence-electron chi connectivity index (χ1n) is 4.16. The maximum Gasteiger partial charge on any atom is 0.144 e. The summed E-state index contributed by atoms with van der Waals surface area (Å²) < 4.78 is 1.77. The fraction of sp³-hybridized carbons (Fsp3) is 0.600. The van der Waals surface area contributed by atoms with Crippen LogP contribution in [0.5, 0.6) is 0 Å². The number of halogens is 1. The molecular formula is C10H15IO. The Hall–Kier alpha value is -0.0100. The van der Waals surface area contributed by atoms with Crippen LogP contribution in [0.2, 0.25) is 0 Å². The van der Waals surface area contributed by atoms with Gasteiger partial charge in [-0.1, -0.05) is 48.3 Å². The molecule has 1 nitrogen and oxygen atoms in total. The van der Waals surface area contributed by atoms with E-state index in [1.807, 2.05) is 0 Å². The van der Waals surface area contributed by atoms with Crippen molar-refractivity contribution >= 4 is 22.6 Å². The molecule has 0 rings (SSSR count). The smallest absolute Gasteiger partial charge is 0.144 e. The Morgan fingerprint density at radius 3 is 2.67 bits per heavy atom. The van der Waals surface area contributed by atoms with Crippen molar-refractivity contribution in [3.8, 4) is 12.3 Å². The fourth-order valence-electron chi connectivity index (χ4n) is 0.952. The molecule has 0 aliphatic carbocycles. The zero-order valence-electron chi connectivity index (χ0n) is 7.39. The van der Waals surface area contributed by atoms with Crippen LogP contribution in [0.3, 0.4) is 0 Å². The van der Waals surface area contributed by atoms with Crippen LogP contribution in [0.15, 0.2) is 10.2 Å². The van der Waals surface area contributed by atoms with Gasteiger partial charge >= 0.3 is 0 Å². The van der Waals surface area contributed by atoms with Crippen LogP contribution in [-0.4, -0.2) is 10.7 Å². The molecule has 0 saturated carbocycles. The van der Waals surface area contributed by atoms with Gasteiger partial charge in [0.1, 0.15) is 5.60 Å². The van der Waals surface area contributed by atoms with E-state index in [9.17, 15) is 5.11 Å².